The van der Waals surface area contributed by atoms with Crippen LogP contribution >= 0.6 is 11.6 Å². The molecule has 0 aliphatic rings. The van der Waals surface area contributed by atoms with Gasteiger partial charge in [0.25, 0.3) is 0 Å². The van der Waals surface area contributed by atoms with Gasteiger partial charge in [-0.15, -0.1) is 0 Å². The van der Waals surface area contributed by atoms with E-state index in [-0.39, 0.29) is 0 Å². The average molecular weight is 204 g/mol. The molecule has 1 rings (SSSR count). The Bertz CT molecular complexity index is 285. The summed E-state index contributed by atoms with van der Waals surface area (Å²) in [6, 6.07) is 0. The molecule has 5 heteroatoms. The predicted molar refractivity (Wildman–Crippen MR) is 51.4 cm³/mol. The molecule has 1 aromatic rings. The van der Waals surface area contributed by atoms with Gasteiger partial charge in [-0.25, -0.2) is 0 Å². The molecule has 0 amide bonds. The Kier molecular flexibility index (Phi) is 3.71. The number of rotatable bonds is 4. The molecule has 0 bridgehead atoms. The first-order valence-corrected chi connectivity index (χ1v) is 4.57. The van der Waals surface area contributed by atoms with Crippen molar-refractivity contribution in [1.29, 1.82) is 0 Å². The maximum Gasteiger partial charge on any atom is 0.0861 e. The van der Waals surface area contributed by atoms with Crippen molar-refractivity contribution >= 4 is 11.6 Å². The zero-order valence-electron chi connectivity index (χ0n) is 8.09. The number of hydroxylamine groups is 1. The van der Waals surface area contributed by atoms with Crippen LogP contribution in [0, 0.1) is 6.92 Å². The standard InChI is InChI=1S/C8H14ClN3O/c1-4-13-10-5-7-8(9)6(2)11-12(7)3/h10H,4-5H2,1-3H3. The Morgan fingerprint density at radius 1 is 1.62 bits per heavy atom. The van der Waals surface area contributed by atoms with Crippen LogP contribution in [0.5, 0.6) is 0 Å². The molecule has 0 fully saturated rings. The van der Waals surface area contributed by atoms with Crippen molar-refractivity contribution < 1.29 is 4.84 Å². The van der Waals surface area contributed by atoms with E-state index in [9.17, 15) is 0 Å². The molecule has 0 saturated carbocycles. The zero-order chi connectivity index (χ0) is 9.84. The molecular formula is C8H14ClN3O. The summed E-state index contributed by atoms with van der Waals surface area (Å²) in [5.41, 5.74) is 4.58. The second kappa shape index (κ2) is 4.60. The van der Waals surface area contributed by atoms with Crippen molar-refractivity contribution in [1.82, 2.24) is 15.3 Å². The van der Waals surface area contributed by atoms with E-state index in [1.54, 1.807) is 4.68 Å². The minimum Gasteiger partial charge on any atom is -0.302 e. The first-order valence-electron chi connectivity index (χ1n) is 4.19. The van der Waals surface area contributed by atoms with E-state index in [0.717, 1.165) is 11.4 Å². The highest BCUT2D eigenvalue weighted by Crippen LogP contribution is 2.18. The minimum atomic E-state index is 0.573. The first-order chi connectivity index (χ1) is 6.16. The van der Waals surface area contributed by atoms with Gasteiger partial charge in [0.15, 0.2) is 0 Å². The van der Waals surface area contributed by atoms with Gasteiger partial charge in [0.2, 0.25) is 0 Å². The number of halogens is 1. The topological polar surface area (TPSA) is 39.1 Å². The number of aromatic nitrogens is 2. The van der Waals surface area contributed by atoms with E-state index in [4.69, 9.17) is 16.4 Å². The Morgan fingerprint density at radius 2 is 2.31 bits per heavy atom. The quantitative estimate of drug-likeness (QED) is 0.594. The summed E-state index contributed by atoms with van der Waals surface area (Å²) in [6.45, 7) is 5.01. The summed E-state index contributed by atoms with van der Waals surface area (Å²) < 4.78 is 1.75. The third-order valence-corrected chi connectivity index (χ3v) is 2.24. The molecule has 4 nitrogen and oxygen atoms in total. The number of aryl methyl sites for hydroxylation is 2. The summed E-state index contributed by atoms with van der Waals surface area (Å²) in [5, 5.41) is 4.88. The van der Waals surface area contributed by atoms with Gasteiger partial charge in [-0.1, -0.05) is 11.6 Å². The van der Waals surface area contributed by atoms with Gasteiger partial charge in [0.1, 0.15) is 0 Å². The van der Waals surface area contributed by atoms with Gasteiger partial charge in [0.05, 0.1) is 29.6 Å². The number of hydrogen-bond donors (Lipinski definition) is 1. The second-order valence-corrected chi connectivity index (χ2v) is 3.10. The number of nitrogens with zero attached hydrogens (tertiary/aromatic N) is 2. The number of nitrogens with one attached hydrogen (secondary N) is 1. The first kappa shape index (κ1) is 10.5. The zero-order valence-corrected chi connectivity index (χ0v) is 8.85. The fraction of sp³-hybridized carbons (Fsp3) is 0.625. The van der Waals surface area contributed by atoms with E-state index < -0.39 is 0 Å². The Hall–Kier alpha value is -0.580. The maximum absolute atomic E-state index is 6.01. The van der Waals surface area contributed by atoms with Crippen LogP contribution in [0.4, 0.5) is 0 Å². The maximum atomic E-state index is 6.01. The van der Waals surface area contributed by atoms with Gasteiger partial charge in [-0.05, 0) is 13.8 Å². The molecule has 74 valence electrons. The van der Waals surface area contributed by atoms with E-state index in [1.165, 1.54) is 0 Å². The molecule has 0 aliphatic heterocycles. The lowest BCUT2D eigenvalue weighted by Crippen LogP contribution is -2.16. The second-order valence-electron chi connectivity index (χ2n) is 2.72. The van der Waals surface area contributed by atoms with E-state index in [0.29, 0.717) is 18.2 Å². The van der Waals surface area contributed by atoms with Crippen molar-refractivity contribution in [3.8, 4) is 0 Å². The van der Waals surface area contributed by atoms with E-state index in [1.807, 2.05) is 20.9 Å². The Morgan fingerprint density at radius 3 is 2.77 bits per heavy atom. The van der Waals surface area contributed by atoms with Crippen LogP contribution in [0.2, 0.25) is 5.02 Å². The summed E-state index contributed by atoms with van der Waals surface area (Å²) in [4.78, 5) is 5.01. The molecule has 0 unspecified atom stereocenters. The SMILES string of the molecule is CCONCc1c(Cl)c(C)nn1C. The van der Waals surface area contributed by atoms with Crippen LogP contribution in [0.1, 0.15) is 18.3 Å². The van der Waals surface area contributed by atoms with Crippen molar-refractivity contribution in [2.45, 2.75) is 20.4 Å². The van der Waals surface area contributed by atoms with Crippen LogP contribution in [0.15, 0.2) is 0 Å². The lowest BCUT2D eigenvalue weighted by atomic mass is 10.4. The van der Waals surface area contributed by atoms with Gasteiger partial charge in [0, 0.05) is 7.05 Å². The molecule has 0 atom stereocenters. The highest BCUT2D eigenvalue weighted by atomic mass is 35.5. The van der Waals surface area contributed by atoms with Gasteiger partial charge < -0.3 is 4.84 Å². The predicted octanol–water partition coefficient (Wildman–Crippen LogP) is 1.42. The Labute approximate surface area is 82.8 Å². The van der Waals surface area contributed by atoms with Crippen molar-refractivity contribution in [2.75, 3.05) is 6.61 Å². The lowest BCUT2D eigenvalue weighted by Gasteiger charge is -2.04. The molecule has 0 saturated heterocycles. The van der Waals surface area contributed by atoms with Crippen molar-refractivity contribution in [2.24, 2.45) is 7.05 Å². The third-order valence-electron chi connectivity index (χ3n) is 1.75. The van der Waals surface area contributed by atoms with E-state index >= 15 is 0 Å². The normalized spacial score (nSPS) is 10.8. The molecule has 0 radical (unpaired) electrons. The summed E-state index contributed by atoms with van der Waals surface area (Å²) in [6.07, 6.45) is 0. The van der Waals surface area contributed by atoms with Crippen LogP contribution in [-0.2, 0) is 18.4 Å². The van der Waals surface area contributed by atoms with Crippen LogP contribution in [0.3, 0.4) is 0 Å². The molecule has 0 aliphatic carbocycles. The smallest absolute Gasteiger partial charge is 0.0861 e. The molecule has 1 heterocycles. The summed E-state index contributed by atoms with van der Waals surface area (Å²) >= 11 is 6.01. The minimum absolute atomic E-state index is 0.573. The van der Waals surface area contributed by atoms with Crippen LogP contribution < -0.4 is 5.48 Å². The molecular weight excluding hydrogens is 190 g/mol. The fourth-order valence-corrected chi connectivity index (χ4v) is 1.32. The van der Waals surface area contributed by atoms with E-state index in [2.05, 4.69) is 10.6 Å². The van der Waals surface area contributed by atoms with Crippen molar-refractivity contribution in [3.05, 3.63) is 16.4 Å². The van der Waals surface area contributed by atoms with Crippen LogP contribution in [-0.4, -0.2) is 16.4 Å². The summed E-state index contributed by atoms with van der Waals surface area (Å²) in [5.74, 6) is 0. The molecule has 0 aromatic carbocycles. The molecule has 0 spiro atoms. The highest BCUT2D eigenvalue weighted by Gasteiger charge is 2.09. The largest absolute Gasteiger partial charge is 0.302 e. The molecule has 1 aromatic heterocycles. The number of hydrogen-bond acceptors (Lipinski definition) is 3. The lowest BCUT2D eigenvalue weighted by molar-refractivity contribution is 0.0450. The van der Waals surface area contributed by atoms with Crippen LogP contribution in [0.25, 0.3) is 0 Å². The third kappa shape index (κ3) is 2.43. The van der Waals surface area contributed by atoms with Gasteiger partial charge in [-0.2, -0.15) is 10.6 Å². The highest BCUT2D eigenvalue weighted by molar-refractivity contribution is 6.31. The average Bonchev–Trinajstić information content (AvgIpc) is 2.32. The van der Waals surface area contributed by atoms with Gasteiger partial charge in [-0.3, -0.25) is 4.68 Å². The fourth-order valence-electron chi connectivity index (χ4n) is 1.09. The van der Waals surface area contributed by atoms with Crippen molar-refractivity contribution in [3.63, 3.8) is 0 Å². The van der Waals surface area contributed by atoms with Gasteiger partial charge >= 0.3 is 0 Å². The Balaban J connectivity index is 2.64. The molecule has 1 N–H and O–H groups in total. The summed E-state index contributed by atoms with van der Waals surface area (Å²) in [7, 11) is 1.86. The molecule has 13 heavy (non-hydrogen) atoms. The monoisotopic (exact) mass is 203 g/mol.